The number of carbonyl (C=O) groups excluding carboxylic acids is 2. The average molecular weight is 426 g/mol. The van der Waals surface area contributed by atoms with Crippen LogP contribution in [0, 0.1) is 17.3 Å². The second-order valence-electron chi connectivity index (χ2n) is 8.13. The molecule has 0 aromatic heterocycles. The van der Waals surface area contributed by atoms with Crippen LogP contribution in [0.3, 0.4) is 0 Å². The molecule has 0 saturated heterocycles. The van der Waals surface area contributed by atoms with E-state index in [1.54, 1.807) is 24.3 Å². The van der Waals surface area contributed by atoms with Crippen LogP contribution >= 0.6 is 27.5 Å². The summed E-state index contributed by atoms with van der Waals surface area (Å²) in [6.45, 7) is 0.00777. The number of anilines is 1. The van der Waals surface area contributed by atoms with Crippen molar-refractivity contribution in [1.29, 1.82) is 0 Å². The zero-order valence-corrected chi connectivity index (χ0v) is 16.3. The molecule has 1 aromatic rings. The lowest BCUT2D eigenvalue weighted by Gasteiger charge is -2.59. The van der Waals surface area contributed by atoms with Gasteiger partial charge < -0.3 is 10.6 Å². The Morgan fingerprint density at radius 1 is 1.12 bits per heavy atom. The Bertz CT molecular complexity index is 692. The summed E-state index contributed by atoms with van der Waals surface area (Å²) in [7, 11) is 0. The van der Waals surface area contributed by atoms with Gasteiger partial charge in [-0.25, -0.2) is 0 Å². The highest BCUT2D eigenvalue weighted by molar-refractivity contribution is 9.10. The van der Waals surface area contributed by atoms with E-state index in [1.165, 1.54) is 19.3 Å². The molecule has 2 atom stereocenters. The van der Waals surface area contributed by atoms with Crippen LogP contribution < -0.4 is 10.6 Å². The minimum atomic E-state index is -0.284. The Morgan fingerprint density at radius 3 is 2.36 bits per heavy atom. The molecule has 0 aliphatic heterocycles. The van der Waals surface area contributed by atoms with Crippen molar-refractivity contribution in [3.63, 3.8) is 0 Å². The van der Waals surface area contributed by atoms with Crippen LogP contribution in [0.4, 0.5) is 5.69 Å². The first-order valence-corrected chi connectivity index (χ1v) is 10.1. The van der Waals surface area contributed by atoms with Gasteiger partial charge >= 0.3 is 0 Å². The van der Waals surface area contributed by atoms with Crippen molar-refractivity contribution < 1.29 is 9.59 Å². The highest BCUT2D eigenvalue weighted by atomic mass is 79.9. The quantitative estimate of drug-likeness (QED) is 0.713. The number of halogens is 2. The molecule has 0 spiro atoms. The molecular formula is C19H22BrClN2O2. The van der Waals surface area contributed by atoms with Crippen LogP contribution in [0.1, 0.15) is 38.5 Å². The Balaban J connectivity index is 1.36. The van der Waals surface area contributed by atoms with E-state index in [9.17, 15) is 9.59 Å². The first-order chi connectivity index (χ1) is 11.9. The molecule has 134 valence electrons. The standard InChI is InChI=1S/C19H22BrClN2O2/c20-19-8-12-5-13(9-19)7-18(6-12,11-19)17(25)22-10-16(24)23-15-3-1-14(21)2-4-15/h1-4,12-13H,5-11H2,(H,22,25)(H,23,24). The Hall–Kier alpha value is -1.07. The zero-order chi connectivity index (χ0) is 17.7. The van der Waals surface area contributed by atoms with Gasteiger partial charge in [0.2, 0.25) is 11.8 Å². The topological polar surface area (TPSA) is 58.2 Å². The number of alkyl halides is 1. The summed E-state index contributed by atoms with van der Waals surface area (Å²) >= 11 is 9.76. The van der Waals surface area contributed by atoms with Crippen molar-refractivity contribution in [2.24, 2.45) is 17.3 Å². The van der Waals surface area contributed by atoms with Gasteiger partial charge in [0.1, 0.15) is 0 Å². The van der Waals surface area contributed by atoms with Crippen LogP contribution in [0.15, 0.2) is 24.3 Å². The van der Waals surface area contributed by atoms with Crippen molar-refractivity contribution in [3.05, 3.63) is 29.3 Å². The SMILES string of the molecule is O=C(CNC(=O)C12CC3CC(CC(Br)(C3)C1)C2)Nc1ccc(Cl)cc1. The van der Waals surface area contributed by atoms with Gasteiger partial charge in [0, 0.05) is 15.0 Å². The maximum atomic E-state index is 12.9. The van der Waals surface area contributed by atoms with Gasteiger partial charge in [-0.05, 0) is 74.6 Å². The van der Waals surface area contributed by atoms with E-state index in [0.717, 1.165) is 19.3 Å². The molecule has 0 heterocycles. The normalized spacial score (nSPS) is 35.4. The van der Waals surface area contributed by atoms with Gasteiger partial charge in [-0.15, -0.1) is 0 Å². The second kappa shape index (κ2) is 6.27. The molecule has 6 heteroatoms. The summed E-state index contributed by atoms with van der Waals surface area (Å²) in [6.07, 6.45) is 6.49. The minimum absolute atomic E-state index is 0.00777. The van der Waals surface area contributed by atoms with E-state index in [0.29, 0.717) is 22.5 Å². The molecule has 4 bridgehead atoms. The molecule has 1 aromatic carbocycles. The van der Waals surface area contributed by atoms with Crippen molar-refractivity contribution >= 4 is 45.0 Å². The molecular weight excluding hydrogens is 404 g/mol. The summed E-state index contributed by atoms with van der Waals surface area (Å²) < 4.78 is 0.139. The number of benzene rings is 1. The molecule has 0 radical (unpaired) electrons. The maximum Gasteiger partial charge on any atom is 0.243 e. The van der Waals surface area contributed by atoms with Crippen LogP contribution in [0.5, 0.6) is 0 Å². The maximum absolute atomic E-state index is 12.9. The summed E-state index contributed by atoms with van der Waals surface area (Å²) in [5.74, 6) is 1.13. The third-order valence-corrected chi connectivity index (χ3v) is 7.19. The van der Waals surface area contributed by atoms with Gasteiger partial charge in [-0.1, -0.05) is 27.5 Å². The van der Waals surface area contributed by atoms with Crippen LogP contribution in [-0.2, 0) is 9.59 Å². The minimum Gasteiger partial charge on any atom is -0.347 e. The molecule has 4 aliphatic rings. The number of rotatable bonds is 4. The average Bonchev–Trinajstić information content (AvgIpc) is 2.52. The highest BCUT2D eigenvalue weighted by Crippen LogP contribution is 2.64. The van der Waals surface area contributed by atoms with Crippen LogP contribution in [0.25, 0.3) is 0 Å². The number of hydrogen-bond acceptors (Lipinski definition) is 2. The Kier molecular flexibility index (Phi) is 4.35. The summed E-state index contributed by atoms with van der Waals surface area (Å²) in [4.78, 5) is 25.0. The predicted octanol–water partition coefficient (Wildman–Crippen LogP) is 4.13. The summed E-state index contributed by atoms with van der Waals surface area (Å²) in [5, 5.41) is 6.30. The fourth-order valence-corrected chi connectivity index (χ4v) is 7.08. The van der Waals surface area contributed by atoms with E-state index in [1.807, 2.05) is 0 Å². The number of amides is 2. The first kappa shape index (κ1) is 17.3. The molecule has 4 aliphatic carbocycles. The van der Waals surface area contributed by atoms with E-state index in [-0.39, 0.29) is 28.1 Å². The van der Waals surface area contributed by atoms with E-state index in [2.05, 4.69) is 26.6 Å². The molecule has 4 saturated carbocycles. The van der Waals surface area contributed by atoms with Gasteiger partial charge in [0.15, 0.2) is 0 Å². The van der Waals surface area contributed by atoms with Gasteiger partial charge in [-0.3, -0.25) is 9.59 Å². The fraction of sp³-hybridized carbons (Fsp3) is 0.579. The summed E-state index contributed by atoms with van der Waals surface area (Å²) in [5.41, 5.74) is 0.395. The second-order valence-corrected chi connectivity index (χ2v) is 10.2. The largest absolute Gasteiger partial charge is 0.347 e. The molecule has 4 nitrogen and oxygen atoms in total. The van der Waals surface area contributed by atoms with Crippen molar-refractivity contribution in [2.45, 2.75) is 42.8 Å². The molecule has 2 N–H and O–H groups in total. The third-order valence-electron chi connectivity index (χ3n) is 6.01. The van der Waals surface area contributed by atoms with E-state index in [4.69, 9.17) is 11.6 Å². The fourth-order valence-electron chi connectivity index (χ4n) is 5.50. The lowest BCUT2D eigenvalue weighted by Crippen LogP contribution is -2.58. The molecule has 25 heavy (non-hydrogen) atoms. The van der Waals surface area contributed by atoms with E-state index >= 15 is 0 Å². The monoisotopic (exact) mass is 424 g/mol. The lowest BCUT2D eigenvalue weighted by molar-refractivity contribution is -0.144. The third kappa shape index (κ3) is 3.45. The van der Waals surface area contributed by atoms with Crippen molar-refractivity contribution in [1.82, 2.24) is 5.32 Å². The smallest absolute Gasteiger partial charge is 0.243 e. The number of carbonyl (C=O) groups is 2. The highest BCUT2D eigenvalue weighted by Gasteiger charge is 2.59. The lowest BCUT2D eigenvalue weighted by atomic mass is 9.49. The zero-order valence-electron chi connectivity index (χ0n) is 14.0. The van der Waals surface area contributed by atoms with Gasteiger partial charge in [0.05, 0.1) is 12.0 Å². The molecule has 2 unspecified atom stereocenters. The predicted molar refractivity (Wildman–Crippen MR) is 102 cm³/mol. The molecule has 4 fully saturated rings. The molecule has 5 rings (SSSR count). The number of nitrogens with one attached hydrogen (secondary N) is 2. The number of hydrogen-bond donors (Lipinski definition) is 2. The first-order valence-electron chi connectivity index (χ1n) is 8.89. The van der Waals surface area contributed by atoms with Crippen LogP contribution in [-0.4, -0.2) is 22.7 Å². The Labute approximate surface area is 161 Å². The van der Waals surface area contributed by atoms with Crippen molar-refractivity contribution in [2.75, 3.05) is 11.9 Å². The van der Waals surface area contributed by atoms with Crippen molar-refractivity contribution in [3.8, 4) is 0 Å². The van der Waals surface area contributed by atoms with Gasteiger partial charge in [0.25, 0.3) is 0 Å². The van der Waals surface area contributed by atoms with Gasteiger partial charge in [-0.2, -0.15) is 0 Å². The molecule has 2 amide bonds. The summed E-state index contributed by atoms with van der Waals surface area (Å²) in [6, 6.07) is 6.94. The Morgan fingerprint density at radius 2 is 1.76 bits per heavy atom. The van der Waals surface area contributed by atoms with Crippen LogP contribution in [0.2, 0.25) is 5.02 Å². The van der Waals surface area contributed by atoms with E-state index < -0.39 is 0 Å².